The van der Waals surface area contributed by atoms with Crippen LogP contribution in [0, 0.1) is 34.5 Å². The Hall–Kier alpha value is -1.74. The standard InChI is InChI=1S/C25H36N2O3S/c1-16-5-7-17(8-6-16)23(28)27(19-11-9-18(26)10-12-19)21-15-20(13-14-25(2,3)4)31-22(21)24(29)30/h15-17,19,21-22,26H,5-12H2,1-4H3,(H,29,30)/t16?,17?,19?,21-,22?/m0/s1. The molecule has 2 aliphatic carbocycles. The molecule has 2 saturated carbocycles. The summed E-state index contributed by atoms with van der Waals surface area (Å²) in [4.78, 5) is 28.6. The van der Waals surface area contributed by atoms with Gasteiger partial charge in [-0.2, -0.15) is 0 Å². The summed E-state index contributed by atoms with van der Waals surface area (Å²) in [5.74, 6) is 6.22. The maximum atomic E-state index is 13.8. The largest absolute Gasteiger partial charge is 0.480 e. The van der Waals surface area contributed by atoms with Crippen LogP contribution in [0.4, 0.5) is 0 Å². The van der Waals surface area contributed by atoms with Crippen LogP contribution in [-0.2, 0) is 9.59 Å². The van der Waals surface area contributed by atoms with Crippen molar-refractivity contribution < 1.29 is 14.7 Å². The number of hydrogen-bond acceptors (Lipinski definition) is 4. The summed E-state index contributed by atoms with van der Waals surface area (Å²) in [6, 6.07) is -0.476. The van der Waals surface area contributed by atoms with Crippen LogP contribution in [0.1, 0.15) is 79.1 Å². The van der Waals surface area contributed by atoms with Crippen molar-refractivity contribution >= 4 is 29.4 Å². The number of hydrogen-bond donors (Lipinski definition) is 2. The number of nitrogens with zero attached hydrogens (tertiary/aromatic N) is 1. The molecule has 1 unspecified atom stereocenters. The predicted molar refractivity (Wildman–Crippen MR) is 126 cm³/mol. The van der Waals surface area contributed by atoms with E-state index in [4.69, 9.17) is 5.41 Å². The lowest BCUT2D eigenvalue weighted by molar-refractivity contribution is -0.144. The molecular weight excluding hydrogens is 408 g/mol. The Kier molecular flexibility index (Phi) is 7.57. The monoisotopic (exact) mass is 444 g/mol. The van der Waals surface area contributed by atoms with Crippen LogP contribution < -0.4 is 0 Å². The van der Waals surface area contributed by atoms with Gasteiger partial charge in [-0.25, -0.2) is 0 Å². The van der Waals surface area contributed by atoms with Crippen molar-refractivity contribution in [3.05, 3.63) is 11.0 Å². The number of allylic oxidation sites excluding steroid dienone is 1. The summed E-state index contributed by atoms with van der Waals surface area (Å²) in [7, 11) is 0. The maximum Gasteiger partial charge on any atom is 0.319 e. The van der Waals surface area contributed by atoms with Gasteiger partial charge in [0.15, 0.2) is 0 Å². The Morgan fingerprint density at radius 2 is 1.74 bits per heavy atom. The molecule has 31 heavy (non-hydrogen) atoms. The van der Waals surface area contributed by atoms with E-state index in [1.165, 1.54) is 11.8 Å². The van der Waals surface area contributed by atoms with Gasteiger partial charge in [-0.15, -0.1) is 0 Å². The molecule has 0 radical (unpaired) electrons. The second kappa shape index (κ2) is 9.81. The van der Waals surface area contributed by atoms with Gasteiger partial charge in [0, 0.05) is 23.1 Å². The molecule has 1 amide bonds. The van der Waals surface area contributed by atoms with Gasteiger partial charge < -0.3 is 15.4 Å². The number of carboxylic acids is 1. The number of nitrogens with one attached hydrogen (secondary N) is 1. The predicted octanol–water partition coefficient (Wildman–Crippen LogP) is 5.11. The normalized spacial score (nSPS) is 31.4. The van der Waals surface area contributed by atoms with Crippen LogP contribution in [0.2, 0.25) is 0 Å². The molecule has 1 heterocycles. The van der Waals surface area contributed by atoms with Gasteiger partial charge in [-0.3, -0.25) is 9.59 Å². The van der Waals surface area contributed by atoms with Crippen molar-refractivity contribution in [2.24, 2.45) is 17.3 Å². The Bertz CT molecular complexity index is 799. The summed E-state index contributed by atoms with van der Waals surface area (Å²) >= 11 is 1.28. The topological polar surface area (TPSA) is 81.5 Å². The van der Waals surface area contributed by atoms with Gasteiger partial charge in [0.2, 0.25) is 5.91 Å². The molecule has 0 bridgehead atoms. The van der Waals surface area contributed by atoms with Crippen LogP contribution in [0.5, 0.6) is 0 Å². The lowest BCUT2D eigenvalue weighted by atomic mass is 9.81. The highest BCUT2D eigenvalue weighted by Crippen LogP contribution is 2.40. The van der Waals surface area contributed by atoms with Crippen molar-refractivity contribution in [3.8, 4) is 11.8 Å². The fourth-order valence-electron chi connectivity index (χ4n) is 4.75. The van der Waals surface area contributed by atoms with E-state index in [2.05, 4.69) is 18.8 Å². The molecule has 0 aromatic carbocycles. The molecule has 3 aliphatic rings. The molecule has 2 N–H and O–H groups in total. The lowest BCUT2D eigenvalue weighted by Crippen LogP contribution is -2.54. The van der Waals surface area contributed by atoms with Crippen molar-refractivity contribution in [1.82, 2.24) is 4.90 Å². The van der Waals surface area contributed by atoms with Crippen LogP contribution in [-0.4, -0.2) is 44.9 Å². The minimum atomic E-state index is -0.891. The molecule has 2 fully saturated rings. The number of carbonyl (C=O) groups is 2. The highest BCUT2D eigenvalue weighted by molar-refractivity contribution is 8.05. The van der Waals surface area contributed by atoms with Crippen molar-refractivity contribution in [2.45, 2.75) is 96.4 Å². The first-order valence-corrected chi connectivity index (χ1v) is 12.5. The Morgan fingerprint density at radius 1 is 1.13 bits per heavy atom. The molecule has 0 aromatic heterocycles. The molecule has 0 aromatic rings. The average Bonchev–Trinajstić information content (AvgIpc) is 3.12. The van der Waals surface area contributed by atoms with Gasteiger partial charge in [0.05, 0.1) is 10.9 Å². The second-order valence-electron chi connectivity index (χ2n) is 10.4. The Balaban J connectivity index is 1.92. The van der Waals surface area contributed by atoms with Gasteiger partial charge in [-0.1, -0.05) is 30.5 Å². The van der Waals surface area contributed by atoms with E-state index in [0.29, 0.717) is 18.8 Å². The molecular formula is C25H36N2O3S. The molecule has 1 aliphatic heterocycles. The summed E-state index contributed by atoms with van der Waals surface area (Å²) in [5, 5.41) is 17.2. The Morgan fingerprint density at radius 3 is 2.29 bits per heavy atom. The summed E-state index contributed by atoms with van der Waals surface area (Å²) in [5.41, 5.74) is 0.564. The molecule has 170 valence electrons. The number of aliphatic carboxylic acids is 1. The molecule has 6 heteroatoms. The maximum absolute atomic E-state index is 13.8. The highest BCUT2D eigenvalue weighted by atomic mass is 32.2. The lowest BCUT2D eigenvalue weighted by Gasteiger charge is -2.42. The third kappa shape index (κ3) is 6.16. The van der Waals surface area contributed by atoms with Crippen LogP contribution in [0.3, 0.4) is 0 Å². The Labute approximate surface area is 190 Å². The average molecular weight is 445 g/mol. The van der Waals surface area contributed by atoms with E-state index < -0.39 is 17.3 Å². The summed E-state index contributed by atoms with van der Waals surface area (Å²) in [6.45, 7) is 8.33. The number of carbonyl (C=O) groups excluding carboxylic acids is 1. The van der Waals surface area contributed by atoms with Crippen LogP contribution in [0.25, 0.3) is 0 Å². The van der Waals surface area contributed by atoms with E-state index in [1.54, 1.807) is 0 Å². The highest BCUT2D eigenvalue weighted by Gasteiger charge is 2.44. The van der Waals surface area contributed by atoms with Crippen LogP contribution >= 0.6 is 11.8 Å². The summed E-state index contributed by atoms with van der Waals surface area (Å²) in [6.07, 6.45) is 8.68. The quantitative estimate of drug-likeness (QED) is 0.591. The fourth-order valence-corrected chi connectivity index (χ4v) is 5.80. The SMILES string of the molecule is CC1CCC(C(=O)N(C2CCC(=N)CC2)[C@H]2C=C(C#CC(C)(C)C)SC2C(=O)O)CC1. The van der Waals surface area contributed by atoms with Crippen LogP contribution in [0.15, 0.2) is 11.0 Å². The minimum Gasteiger partial charge on any atom is -0.480 e. The first-order chi connectivity index (χ1) is 14.5. The third-order valence-electron chi connectivity index (χ3n) is 6.58. The van der Waals surface area contributed by atoms with Gasteiger partial charge in [-0.05, 0) is 84.1 Å². The van der Waals surface area contributed by atoms with E-state index >= 15 is 0 Å². The van der Waals surface area contributed by atoms with Gasteiger partial charge >= 0.3 is 5.97 Å². The smallest absolute Gasteiger partial charge is 0.319 e. The van der Waals surface area contributed by atoms with Crippen molar-refractivity contribution in [1.29, 1.82) is 5.41 Å². The van der Waals surface area contributed by atoms with E-state index in [9.17, 15) is 14.7 Å². The zero-order chi connectivity index (χ0) is 22.8. The second-order valence-corrected chi connectivity index (χ2v) is 11.6. The number of amides is 1. The minimum absolute atomic E-state index is 0.000393. The molecule has 2 atom stereocenters. The summed E-state index contributed by atoms with van der Waals surface area (Å²) < 4.78 is 0. The van der Waals surface area contributed by atoms with E-state index in [-0.39, 0.29) is 23.3 Å². The molecule has 5 nitrogen and oxygen atoms in total. The number of rotatable bonds is 4. The molecule has 0 saturated heterocycles. The van der Waals surface area contributed by atoms with Gasteiger partial charge in [0.1, 0.15) is 5.25 Å². The fraction of sp³-hybridized carbons (Fsp3) is 0.720. The number of carboxylic acid groups (broad SMARTS) is 1. The zero-order valence-corrected chi connectivity index (χ0v) is 20.1. The number of thioether (sulfide) groups is 1. The zero-order valence-electron chi connectivity index (χ0n) is 19.2. The van der Waals surface area contributed by atoms with Crippen molar-refractivity contribution in [2.75, 3.05) is 0 Å². The first kappa shape index (κ1) is 23.9. The third-order valence-corrected chi connectivity index (χ3v) is 7.81. The van der Waals surface area contributed by atoms with Gasteiger partial charge in [0.25, 0.3) is 0 Å². The van der Waals surface area contributed by atoms with E-state index in [0.717, 1.165) is 49.1 Å². The van der Waals surface area contributed by atoms with Crippen molar-refractivity contribution in [3.63, 3.8) is 0 Å². The first-order valence-electron chi connectivity index (χ1n) is 11.6. The molecule has 3 rings (SSSR count). The van der Waals surface area contributed by atoms with E-state index in [1.807, 2.05) is 31.7 Å². The molecule has 0 spiro atoms.